The molecule has 2 rings (SSSR count). The minimum atomic E-state index is -0.437. The standard InChI is InChI=1S/C14H15ClN2O3/c1-10(4-6-12-3-2-8-20-12)16-13-7-5-11(15)9-14(13)17(18)19/h2-3,5,7-10,16H,4,6H2,1H3. The first-order chi connectivity index (χ1) is 9.56. The summed E-state index contributed by atoms with van der Waals surface area (Å²) in [5.74, 6) is 0.907. The molecule has 0 saturated heterocycles. The number of nitro groups is 1. The van der Waals surface area contributed by atoms with E-state index in [0.29, 0.717) is 10.7 Å². The van der Waals surface area contributed by atoms with Crippen molar-refractivity contribution in [2.24, 2.45) is 0 Å². The Balaban J connectivity index is 2.00. The summed E-state index contributed by atoms with van der Waals surface area (Å²) < 4.78 is 5.26. The quantitative estimate of drug-likeness (QED) is 0.638. The summed E-state index contributed by atoms with van der Waals surface area (Å²) in [4.78, 5) is 10.6. The van der Waals surface area contributed by atoms with Gasteiger partial charge in [-0.05, 0) is 37.6 Å². The first kappa shape index (κ1) is 14.4. The highest BCUT2D eigenvalue weighted by molar-refractivity contribution is 6.30. The molecule has 1 aromatic heterocycles. The van der Waals surface area contributed by atoms with Gasteiger partial charge in [-0.15, -0.1) is 0 Å². The summed E-state index contributed by atoms with van der Waals surface area (Å²) in [6.45, 7) is 1.97. The predicted octanol–water partition coefficient (Wildman–Crippen LogP) is 4.27. The number of nitro benzene ring substituents is 1. The molecular formula is C14H15ClN2O3. The Hall–Kier alpha value is -2.01. The van der Waals surface area contributed by atoms with Gasteiger partial charge in [0.15, 0.2) is 0 Å². The van der Waals surface area contributed by atoms with Gasteiger partial charge in [-0.3, -0.25) is 10.1 Å². The first-order valence-electron chi connectivity index (χ1n) is 6.29. The molecule has 1 N–H and O–H groups in total. The molecule has 1 atom stereocenters. The molecule has 0 amide bonds. The summed E-state index contributed by atoms with van der Waals surface area (Å²) in [5, 5.41) is 14.5. The van der Waals surface area contributed by atoms with E-state index in [1.54, 1.807) is 18.4 Å². The van der Waals surface area contributed by atoms with Crippen LogP contribution in [0.1, 0.15) is 19.1 Å². The second-order valence-corrected chi connectivity index (χ2v) is 5.02. The van der Waals surface area contributed by atoms with Gasteiger partial charge in [0.2, 0.25) is 0 Å². The van der Waals surface area contributed by atoms with Gasteiger partial charge in [0.1, 0.15) is 11.4 Å². The number of furan rings is 1. The molecule has 0 saturated carbocycles. The second-order valence-electron chi connectivity index (χ2n) is 4.58. The lowest BCUT2D eigenvalue weighted by Gasteiger charge is -2.14. The van der Waals surface area contributed by atoms with Crippen molar-refractivity contribution in [1.82, 2.24) is 0 Å². The van der Waals surface area contributed by atoms with Gasteiger partial charge in [0.25, 0.3) is 5.69 Å². The number of hydrogen-bond acceptors (Lipinski definition) is 4. The zero-order valence-corrected chi connectivity index (χ0v) is 11.8. The molecule has 106 valence electrons. The maximum absolute atomic E-state index is 11.0. The Labute approximate surface area is 121 Å². The first-order valence-corrected chi connectivity index (χ1v) is 6.67. The third-order valence-electron chi connectivity index (χ3n) is 2.96. The number of nitrogens with zero attached hydrogens (tertiary/aromatic N) is 1. The number of hydrogen-bond donors (Lipinski definition) is 1. The van der Waals surface area contributed by atoms with E-state index in [1.807, 2.05) is 19.1 Å². The Morgan fingerprint density at radius 3 is 2.90 bits per heavy atom. The molecule has 0 radical (unpaired) electrons. The number of benzene rings is 1. The molecule has 6 heteroatoms. The molecule has 0 aliphatic rings. The van der Waals surface area contributed by atoms with Crippen LogP contribution in [-0.4, -0.2) is 11.0 Å². The maximum atomic E-state index is 11.0. The van der Waals surface area contributed by atoms with Crippen molar-refractivity contribution in [3.8, 4) is 0 Å². The summed E-state index contributed by atoms with van der Waals surface area (Å²) in [7, 11) is 0. The van der Waals surface area contributed by atoms with E-state index in [1.165, 1.54) is 6.07 Å². The van der Waals surface area contributed by atoms with Crippen LogP contribution in [0.2, 0.25) is 5.02 Å². The van der Waals surface area contributed by atoms with E-state index in [4.69, 9.17) is 16.0 Å². The van der Waals surface area contributed by atoms with Gasteiger partial charge in [-0.2, -0.15) is 0 Å². The van der Waals surface area contributed by atoms with E-state index >= 15 is 0 Å². The lowest BCUT2D eigenvalue weighted by Crippen LogP contribution is -2.16. The highest BCUT2D eigenvalue weighted by Gasteiger charge is 2.16. The number of rotatable bonds is 6. The molecule has 1 heterocycles. The van der Waals surface area contributed by atoms with Gasteiger partial charge in [-0.25, -0.2) is 0 Å². The fourth-order valence-corrected chi connectivity index (χ4v) is 2.10. The number of halogens is 1. The van der Waals surface area contributed by atoms with E-state index in [2.05, 4.69) is 5.32 Å². The number of nitrogens with one attached hydrogen (secondary N) is 1. The smallest absolute Gasteiger partial charge is 0.293 e. The number of anilines is 1. The van der Waals surface area contributed by atoms with Crippen LogP contribution in [0.5, 0.6) is 0 Å². The number of aryl methyl sites for hydroxylation is 1. The van der Waals surface area contributed by atoms with Crippen molar-refractivity contribution in [2.45, 2.75) is 25.8 Å². The Morgan fingerprint density at radius 1 is 1.45 bits per heavy atom. The molecule has 5 nitrogen and oxygen atoms in total. The van der Waals surface area contributed by atoms with Crippen LogP contribution in [-0.2, 0) is 6.42 Å². The highest BCUT2D eigenvalue weighted by Crippen LogP contribution is 2.28. The molecule has 1 aromatic carbocycles. The van der Waals surface area contributed by atoms with Crippen LogP contribution in [0.4, 0.5) is 11.4 Å². The van der Waals surface area contributed by atoms with Crippen LogP contribution in [0, 0.1) is 10.1 Å². The van der Waals surface area contributed by atoms with E-state index in [9.17, 15) is 10.1 Å². The van der Waals surface area contributed by atoms with Gasteiger partial charge in [-0.1, -0.05) is 11.6 Å². The van der Waals surface area contributed by atoms with Crippen molar-refractivity contribution < 1.29 is 9.34 Å². The molecule has 0 aliphatic carbocycles. The maximum Gasteiger partial charge on any atom is 0.293 e. The van der Waals surface area contributed by atoms with Crippen molar-refractivity contribution in [3.05, 3.63) is 57.5 Å². The minimum absolute atomic E-state index is 0.0117. The zero-order chi connectivity index (χ0) is 14.5. The molecule has 2 aromatic rings. The topological polar surface area (TPSA) is 68.3 Å². The predicted molar refractivity (Wildman–Crippen MR) is 78.2 cm³/mol. The van der Waals surface area contributed by atoms with Crippen LogP contribution in [0.15, 0.2) is 41.0 Å². The fourth-order valence-electron chi connectivity index (χ4n) is 1.93. The monoisotopic (exact) mass is 294 g/mol. The van der Waals surface area contributed by atoms with E-state index in [-0.39, 0.29) is 11.7 Å². The summed E-state index contributed by atoms with van der Waals surface area (Å²) in [5.41, 5.74) is 0.466. The normalized spacial score (nSPS) is 12.1. The van der Waals surface area contributed by atoms with Crippen molar-refractivity contribution in [1.29, 1.82) is 0 Å². The van der Waals surface area contributed by atoms with Crippen molar-refractivity contribution in [3.63, 3.8) is 0 Å². The zero-order valence-electron chi connectivity index (χ0n) is 11.0. The summed E-state index contributed by atoms with van der Waals surface area (Å²) >= 11 is 5.78. The third-order valence-corrected chi connectivity index (χ3v) is 3.20. The van der Waals surface area contributed by atoms with Crippen LogP contribution < -0.4 is 5.32 Å². The lowest BCUT2D eigenvalue weighted by molar-refractivity contribution is -0.384. The van der Waals surface area contributed by atoms with Gasteiger partial charge in [0.05, 0.1) is 11.2 Å². The van der Waals surface area contributed by atoms with Crippen molar-refractivity contribution in [2.75, 3.05) is 5.32 Å². The Morgan fingerprint density at radius 2 is 2.25 bits per heavy atom. The second kappa shape index (κ2) is 6.43. The third kappa shape index (κ3) is 3.74. The largest absolute Gasteiger partial charge is 0.469 e. The minimum Gasteiger partial charge on any atom is -0.469 e. The SMILES string of the molecule is CC(CCc1ccco1)Nc1ccc(Cl)cc1[N+](=O)[O-]. The molecule has 0 fully saturated rings. The average molecular weight is 295 g/mol. The summed E-state index contributed by atoms with van der Waals surface area (Å²) in [6, 6.07) is 8.46. The Kier molecular flexibility index (Phi) is 4.63. The van der Waals surface area contributed by atoms with E-state index in [0.717, 1.165) is 18.6 Å². The molecule has 0 bridgehead atoms. The average Bonchev–Trinajstić information content (AvgIpc) is 2.91. The highest BCUT2D eigenvalue weighted by atomic mass is 35.5. The van der Waals surface area contributed by atoms with Gasteiger partial charge >= 0.3 is 0 Å². The Bertz CT molecular complexity index is 584. The van der Waals surface area contributed by atoms with Gasteiger partial charge < -0.3 is 9.73 Å². The molecule has 0 spiro atoms. The van der Waals surface area contributed by atoms with Gasteiger partial charge in [0, 0.05) is 23.6 Å². The molecular weight excluding hydrogens is 280 g/mol. The van der Waals surface area contributed by atoms with Crippen LogP contribution in [0.25, 0.3) is 0 Å². The molecule has 0 aliphatic heterocycles. The van der Waals surface area contributed by atoms with Crippen molar-refractivity contribution >= 4 is 23.0 Å². The molecule has 20 heavy (non-hydrogen) atoms. The molecule has 1 unspecified atom stereocenters. The van der Waals surface area contributed by atoms with Crippen LogP contribution in [0.3, 0.4) is 0 Å². The lowest BCUT2D eigenvalue weighted by atomic mass is 10.1. The van der Waals surface area contributed by atoms with E-state index < -0.39 is 4.92 Å². The van der Waals surface area contributed by atoms with Crippen LogP contribution >= 0.6 is 11.6 Å². The fraction of sp³-hybridized carbons (Fsp3) is 0.286. The summed E-state index contributed by atoms with van der Waals surface area (Å²) in [6.07, 6.45) is 3.23.